The van der Waals surface area contributed by atoms with Crippen molar-refractivity contribution in [2.24, 2.45) is 0 Å². The lowest BCUT2D eigenvalue weighted by molar-refractivity contribution is 0.0697. The zero-order valence-corrected chi connectivity index (χ0v) is 12.1. The Morgan fingerprint density at radius 1 is 1.30 bits per heavy atom. The molecule has 0 fully saturated rings. The number of aromatic nitrogens is 1. The second-order valence-electron chi connectivity index (χ2n) is 3.97. The van der Waals surface area contributed by atoms with Crippen molar-refractivity contribution in [3.63, 3.8) is 0 Å². The lowest BCUT2D eigenvalue weighted by Gasteiger charge is -2.10. The van der Waals surface area contributed by atoms with Gasteiger partial charge in [0, 0.05) is 11.8 Å². The van der Waals surface area contributed by atoms with Gasteiger partial charge in [-0.2, -0.15) is 4.37 Å². The molecule has 106 valence electrons. The highest BCUT2D eigenvalue weighted by atomic mass is 32.1. The standard InChI is InChI=1S/C13H14N2O4S/c1-7-11(13(16)17)12(20-15-7)14-8-4-5-9(18-2)10(6-8)19-3/h4-6,14H,1-3H3,(H,16,17). The molecule has 0 spiro atoms. The maximum atomic E-state index is 11.2. The third-order valence-electron chi connectivity index (χ3n) is 2.72. The highest BCUT2D eigenvalue weighted by molar-refractivity contribution is 7.10. The topological polar surface area (TPSA) is 80.7 Å². The van der Waals surface area contributed by atoms with E-state index < -0.39 is 5.97 Å². The Balaban J connectivity index is 2.33. The number of rotatable bonds is 5. The molecule has 2 N–H and O–H groups in total. The first-order valence-electron chi connectivity index (χ1n) is 5.75. The van der Waals surface area contributed by atoms with Gasteiger partial charge in [-0.25, -0.2) is 4.79 Å². The van der Waals surface area contributed by atoms with Gasteiger partial charge >= 0.3 is 5.97 Å². The van der Waals surface area contributed by atoms with Crippen LogP contribution in [0.3, 0.4) is 0 Å². The van der Waals surface area contributed by atoms with Crippen LogP contribution in [-0.4, -0.2) is 29.7 Å². The molecular formula is C13H14N2O4S. The minimum absolute atomic E-state index is 0.185. The van der Waals surface area contributed by atoms with Crippen LogP contribution in [0.15, 0.2) is 18.2 Å². The van der Waals surface area contributed by atoms with Gasteiger partial charge in [-0.05, 0) is 30.6 Å². The number of aryl methyl sites for hydroxylation is 1. The summed E-state index contributed by atoms with van der Waals surface area (Å²) in [6.07, 6.45) is 0. The van der Waals surface area contributed by atoms with Crippen molar-refractivity contribution >= 4 is 28.2 Å². The second kappa shape index (κ2) is 5.79. The lowest BCUT2D eigenvalue weighted by Crippen LogP contribution is -2.01. The average molecular weight is 294 g/mol. The molecule has 1 aromatic carbocycles. The summed E-state index contributed by atoms with van der Waals surface area (Å²) in [5.41, 5.74) is 1.38. The van der Waals surface area contributed by atoms with Crippen molar-refractivity contribution in [1.29, 1.82) is 0 Å². The zero-order valence-electron chi connectivity index (χ0n) is 11.3. The van der Waals surface area contributed by atoms with E-state index in [9.17, 15) is 9.90 Å². The Hall–Kier alpha value is -2.28. The number of anilines is 2. The third-order valence-corrected chi connectivity index (χ3v) is 3.57. The number of carbonyl (C=O) groups is 1. The molecule has 1 heterocycles. The molecule has 6 nitrogen and oxygen atoms in total. The summed E-state index contributed by atoms with van der Waals surface area (Å²) in [5.74, 6) is 0.173. The summed E-state index contributed by atoms with van der Waals surface area (Å²) in [7, 11) is 3.10. The summed E-state index contributed by atoms with van der Waals surface area (Å²) in [6, 6.07) is 5.26. The zero-order chi connectivity index (χ0) is 14.7. The average Bonchev–Trinajstić information content (AvgIpc) is 2.79. The van der Waals surface area contributed by atoms with Gasteiger partial charge in [0.1, 0.15) is 10.6 Å². The molecule has 0 radical (unpaired) electrons. The maximum Gasteiger partial charge on any atom is 0.340 e. The van der Waals surface area contributed by atoms with Crippen molar-refractivity contribution < 1.29 is 19.4 Å². The molecule has 0 saturated heterocycles. The number of nitrogens with zero attached hydrogens (tertiary/aromatic N) is 1. The number of carboxylic acid groups (broad SMARTS) is 1. The van der Waals surface area contributed by atoms with Crippen LogP contribution < -0.4 is 14.8 Å². The van der Waals surface area contributed by atoms with E-state index >= 15 is 0 Å². The van der Waals surface area contributed by atoms with Gasteiger partial charge < -0.3 is 19.9 Å². The molecule has 2 aromatic rings. The van der Waals surface area contributed by atoms with Gasteiger partial charge in [0.05, 0.1) is 19.9 Å². The SMILES string of the molecule is COc1ccc(Nc2snc(C)c2C(=O)O)cc1OC. The minimum atomic E-state index is -1.00. The van der Waals surface area contributed by atoms with E-state index in [2.05, 4.69) is 9.69 Å². The van der Waals surface area contributed by atoms with E-state index in [1.807, 2.05) is 0 Å². The van der Waals surface area contributed by atoms with E-state index in [1.54, 1.807) is 39.3 Å². The van der Waals surface area contributed by atoms with Gasteiger partial charge in [-0.3, -0.25) is 0 Å². The predicted molar refractivity (Wildman–Crippen MR) is 76.6 cm³/mol. The van der Waals surface area contributed by atoms with Crippen LogP contribution in [-0.2, 0) is 0 Å². The van der Waals surface area contributed by atoms with E-state index in [0.29, 0.717) is 27.9 Å². The Morgan fingerprint density at radius 2 is 2.00 bits per heavy atom. The van der Waals surface area contributed by atoms with Crippen molar-refractivity contribution in [2.45, 2.75) is 6.92 Å². The number of hydrogen-bond donors (Lipinski definition) is 2. The summed E-state index contributed by atoms with van der Waals surface area (Å²) in [5, 5.41) is 12.7. The fourth-order valence-electron chi connectivity index (χ4n) is 1.75. The molecule has 0 bridgehead atoms. The van der Waals surface area contributed by atoms with E-state index in [-0.39, 0.29) is 5.56 Å². The summed E-state index contributed by atoms with van der Waals surface area (Å²) >= 11 is 1.11. The summed E-state index contributed by atoms with van der Waals surface area (Å²) < 4.78 is 14.4. The van der Waals surface area contributed by atoms with Crippen LogP contribution in [0.25, 0.3) is 0 Å². The molecule has 0 aliphatic rings. The van der Waals surface area contributed by atoms with Crippen LogP contribution in [0.4, 0.5) is 10.7 Å². The number of benzene rings is 1. The first kappa shape index (κ1) is 14.1. The lowest BCUT2D eigenvalue weighted by atomic mass is 10.2. The third kappa shape index (κ3) is 2.67. The van der Waals surface area contributed by atoms with Crippen LogP contribution in [0.1, 0.15) is 16.1 Å². The molecule has 7 heteroatoms. The Morgan fingerprint density at radius 3 is 2.60 bits per heavy atom. The molecule has 0 aliphatic carbocycles. The van der Waals surface area contributed by atoms with Gasteiger partial charge in [-0.1, -0.05) is 0 Å². The Labute approximate surface area is 120 Å². The number of methoxy groups -OCH3 is 2. The van der Waals surface area contributed by atoms with Gasteiger partial charge in [0.25, 0.3) is 0 Å². The molecule has 0 aliphatic heterocycles. The van der Waals surface area contributed by atoms with Crippen molar-refractivity contribution in [3.8, 4) is 11.5 Å². The number of nitrogens with one attached hydrogen (secondary N) is 1. The molecular weight excluding hydrogens is 280 g/mol. The first-order chi connectivity index (χ1) is 9.56. The fourth-order valence-corrected chi connectivity index (χ4v) is 2.56. The number of hydrogen-bond acceptors (Lipinski definition) is 6. The van der Waals surface area contributed by atoms with E-state index in [4.69, 9.17) is 9.47 Å². The van der Waals surface area contributed by atoms with Crippen molar-refractivity contribution in [1.82, 2.24) is 4.37 Å². The van der Waals surface area contributed by atoms with Gasteiger partial charge in [0.15, 0.2) is 11.5 Å². The van der Waals surface area contributed by atoms with Crippen LogP contribution >= 0.6 is 11.5 Å². The molecule has 1 aromatic heterocycles. The van der Waals surface area contributed by atoms with Crippen LogP contribution in [0, 0.1) is 6.92 Å². The smallest absolute Gasteiger partial charge is 0.340 e. The van der Waals surface area contributed by atoms with Gasteiger partial charge in [-0.15, -0.1) is 0 Å². The molecule has 20 heavy (non-hydrogen) atoms. The maximum absolute atomic E-state index is 11.2. The normalized spacial score (nSPS) is 10.2. The first-order valence-corrected chi connectivity index (χ1v) is 6.52. The molecule has 0 saturated carbocycles. The minimum Gasteiger partial charge on any atom is -0.493 e. The molecule has 0 amide bonds. The van der Waals surface area contributed by atoms with E-state index in [0.717, 1.165) is 11.5 Å². The number of ether oxygens (including phenoxy) is 2. The van der Waals surface area contributed by atoms with Crippen LogP contribution in [0.5, 0.6) is 11.5 Å². The summed E-state index contributed by atoms with van der Waals surface area (Å²) in [4.78, 5) is 11.2. The molecule has 0 atom stereocenters. The second-order valence-corrected chi connectivity index (χ2v) is 4.75. The van der Waals surface area contributed by atoms with Crippen LogP contribution in [0.2, 0.25) is 0 Å². The Bertz CT molecular complexity index is 639. The monoisotopic (exact) mass is 294 g/mol. The quantitative estimate of drug-likeness (QED) is 0.882. The Kier molecular flexibility index (Phi) is 4.09. The van der Waals surface area contributed by atoms with Gasteiger partial charge in [0.2, 0.25) is 0 Å². The highest BCUT2D eigenvalue weighted by Gasteiger charge is 2.18. The van der Waals surface area contributed by atoms with E-state index in [1.165, 1.54) is 0 Å². The van der Waals surface area contributed by atoms with Crippen molar-refractivity contribution in [3.05, 3.63) is 29.5 Å². The molecule has 0 unspecified atom stereocenters. The molecule has 2 rings (SSSR count). The fraction of sp³-hybridized carbons (Fsp3) is 0.231. The highest BCUT2D eigenvalue weighted by Crippen LogP contribution is 2.33. The number of carboxylic acids is 1. The number of aromatic carboxylic acids is 1. The predicted octanol–water partition coefficient (Wildman–Crippen LogP) is 2.91. The largest absolute Gasteiger partial charge is 0.493 e. The van der Waals surface area contributed by atoms with Crippen molar-refractivity contribution in [2.75, 3.05) is 19.5 Å². The summed E-state index contributed by atoms with van der Waals surface area (Å²) in [6.45, 7) is 1.67.